The zero-order valence-corrected chi connectivity index (χ0v) is 8.17. The number of hydrogen-bond donors (Lipinski definition) is 2. The summed E-state index contributed by atoms with van der Waals surface area (Å²) in [6.45, 7) is 0.818. The Kier molecular flexibility index (Phi) is 2.75. The average molecular weight is 211 g/mol. The number of furan rings is 1. The highest BCUT2D eigenvalue weighted by Crippen LogP contribution is 2.20. The summed E-state index contributed by atoms with van der Waals surface area (Å²) in [4.78, 5) is 12.6. The predicted molar refractivity (Wildman–Crippen MR) is 51.2 cm³/mol. The molecule has 5 nitrogen and oxygen atoms in total. The largest absolute Gasteiger partial charge is 0.480 e. The van der Waals surface area contributed by atoms with Gasteiger partial charge in [-0.1, -0.05) is 0 Å². The number of carbonyl (C=O) groups is 1. The van der Waals surface area contributed by atoms with Crippen LogP contribution in [0.4, 0.5) is 0 Å². The zero-order valence-electron chi connectivity index (χ0n) is 8.17. The predicted octanol–water partition coefficient (Wildman–Crippen LogP) is 0.299. The van der Waals surface area contributed by atoms with E-state index in [-0.39, 0.29) is 6.42 Å². The van der Waals surface area contributed by atoms with Crippen molar-refractivity contribution in [2.45, 2.75) is 25.1 Å². The molecule has 1 aliphatic heterocycles. The van der Waals surface area contributed by atoms with Crippen LogP contribution in [0.1, 0.15) is 12.2 Å². The van der Waals surface area contributed by atoms with Gasteiger partial charge in [-0.3, -0.25) is 9.69 Å². The highest BCUT2D eigenvalue weighted by Gasteiger charge is 2.36. The molecule has 1 aromatic heterocycles. The highest BCUT2D eigenvalue weighted by molar-refractivity contribution is 5.74. The number of nitrogens with zero attached hydrogens (tertiary/aromatic N) is 1. The van der Waals surface area contributed by atoms with Crippen LogP contribution in [0.15, 0.2) is 22.8 Å². The molecule has 0 bridgehead atoms. The van der Waals surface area contributed by atoms with Gasteiger partial charge in [-0.25, -0.2) is 0 Å². The second-order valence-corrected chi connectivity index (χ2v) is 3.75. The fourth-order valence-electron chi connectivity index (χ4n) is 1.91. The Morgan fingerprint density at radius 1 is 1.67 bits per heavy atom. The molecule has 2 heterocycles. The quantitative estimate of drug-likeness (QED) is 0.752. The van der Waals surface area contributed by atoms with Crippen LogP contribution in [0.25, 0.3) is 0 Å². The second kappa shape index (κ2) is 4.04. The Hall–Kier alpha value is -1.33. The van der Waals surface area contributed by atoms with E-state index < -0.39 is 18.1 Å². The lowest BCUT2D eigenvalue weighted by Gasteiger charge is -2.18. The first-order chi connectivity index (χ1) is 7.16. The van der Waals surface area contributed by atoms with Crippen molar-refractivity contribution in [2.24, 2.45) is 0 Å². The molecule has 0 aliphatic carbocycles. The standard InChI is InChI=1S/C10H13NO4/c12-7-4-9(10(13)14)11(5-7)6-8-2-1-3-15-8/h1-3,7,9,12H,4-6H2,(H,13,14). The average Bonchev–Trinajstić information content (AvgIpc) is 2.75. The van der Waals surface area contributed by atoms with Gasteiger partial charge in [-0.05, 0) is 12.1 Å². The monoisotopic (exact) mass is 211 g/mol. The van der Waals surface area contributed by atoms with E-state index in [1.807, 2.05) is 0 Å². The SMILES string of the molecule is O=C(O)C1CC(O)CN1Cc1ccco1. The van der Waals surface area contributed by atoms with Crippen molar-refractivity contribution in [3.05, 3.63) is 24.2 Å². The first-order valence-corrected chi connectivity index (χ1v) is 4.84. The van der Waals surface area contributed by atoms with Crippen LogP contribution in [-0.2, 0) is 11.3 Å². The number of aliphatic carboxylic acids is 1. The number of aliphatic hydroxyl groups is 1. The Balaban J connectivity index is 2.04. The zero-order chi connectivity index (χ0) is 10.8. The minimum absolute atomic E-state index is 0.288. The van der Waals surface area contributed by atoms with E-state index in [1.165, 1.54) is 0 Å². The maximum Gasteiger partial charge on any atom is 0.321 e. The van der Waals surface area contributed by atoms with Gasteiger partial charge in [0, 0.05) is 13.0 Å². The van der Waals surface area contributed by atoms with Crippen molar-refractivity contribution in [2.75, 3.05) is 6.54 Å². The van der Waals surface area contributed by atoms with E-state index in [0.717, 1.165) is 5.76 Å². The minimum Gasteiger partial charge on any atom is -0.480 e. The summed E-state index contributed by atoms with van der Waals surface area (Å²) in [6, 6.07) is 2.95. The van der Waals surface area contributed by atoms with Crippen LogP contribution in [0.3, 0.4) is 0 Å². The molecule has 0 aromatic carbocycles. The summed E-state index contributed by atoms with van der Waals surface area (Å²) >= 11 is 0. The molecule has 5 heteroatoms. The van der Waals surface area contributed by atoms with E-state index in [9.17, 15) is 9.90 Å². The Morgan fingerprint density at radius 2 is 2.47 bits per heavy atom. The maximum absolute atomic E-state index is 10.9. The number of hydrogen-bond acceptors (Lipinski definition) is 4. The number of likely N-dealkylation sites (tertiary alicyclic amines) is 1. The van der Waals surface area contributed by atoms with Gasteiger partial charge in [0.25, 0.3) is 0 Å². The Bertz CT molecular complexity index is 335. The summed E-state index contributed by atoms with van der Waals surface area (Å²) in [7, 11) is 0. The number of aliphatic hydroxyl groups excluding tert-OH is 1. The molecule has 15 heavy (non-hydrogen) atoms. The summed E-state index contributed by atoms with van der Waals surface area (Å²) in [5.74, 6) is -0.173. The van der Waals surface area contributed by atoms with Crippen molar-refractivity contribution in [1.82, 2.24) is 4.90 Å². The van der Waals surface area contributed by atoms with Gasteiger partial charge in [-0.2, -0.15) is 0 Å². The smallest absolute Gasteiger partial charge is 0.321 e. The molecule has 2 atom stereocenters. The molecule has 82 valence electrons. The summed E-state index contributed by atoms with van der Waals surface area (Å²) < 4.78 is 5.14. The minimum atomic E-state index is -0.891. The topological polar surface area (TPSA) is 73.9 Å². The third-order valence-corrected chi connectivity index (χ3v) is 2.61. The molecule has 1 aliphatic rings. The number of rotatable bonds is 3. The third kappa shape index (κ3) is 2.19. The van der Waals surface area contributed by atoms with Crippen LogP contribution in [0.5, 0.6) is 0 Å². The summed E-state index contributed by atoms with van der Waals surface area (Å²) in [6.07, 6.45) is 1.29. The third-order valence-electron chi connectivity index (χ3n) is 2.61. The number of β-amino-alcohol motifs (C(OH)–C–C–N with tert-alkyl or cyclic N) is 1. The molecule has 0 amide bonds. The van der Waals surface area contributed by atoms with E-state index in [0.29, 0.717) is 13.1 Å². The summed E-state index contributed by atoms with van der Waals surface area (Å²) in [5, 5.41) is 18.4. The van der Waals surface area contributed by atoms with Gasteiger partial charge in [0.1, 0.15) is 11.8 Å². The van der Waals surface area contributed by atoms with Gasteiger partial charge >= 0.3 is 5.97 Å². The maximum atomic E-state index is 10.9. The van der Waals surface area contributed by atoms with Crippen LogP contribution in [0.2, 0.25) is 0 Å². The molecule has 0 saturated carbocycles. The van der Waals surface area contributed by atoms with Crippen molar-refractivity contribution >= 4 is 5.97 Å². The molecule has 1 saturated heterocycles. The lowest BCUT2D eigenvalue weighted by Crippen LogP contribution is -2.35. The molecule has 1 fully saturated rings. The van der Waals surface area contributed by atoms with E-state index in [2.05, 4.69) is 0 Å². The lowest BCUT2D eigenvalue weighted by molar-refractivity contribution is -0.142. The molecule has 1 aromatic rings. The molecule has 0 radical (unpaired) electrons. The van der Waals surface area contributed by atoms with Crippen molar-refractivity contribution < 1.29 is 19.4 Å². The van der Waals surface area contributed by atoms with Gasteiger partial charge in [0.05, 0.1) is 18.9 Å². The molecule has 0 spiro atoms. The summed E-state index contributed by atoms with van der Waals surface area (Å²) in [5.41, 5.74) is 0. The normalized spacial score (nSPS) is 27.0. The second-order valence-electron chi connectivity index (χ2n) is 3.75. The fraction of sp³-hybridized carbons (Fsp3) is 0.500. The molecular weight excluding hydrogens is 198 g/mol. The number of carboxylic acid groups (broad SMARTS) is 1. The van der Waals surface area contributed by atoms with E-state index in [4.69, 9.17) is 9.52 Å². The first-order valence-electron chi connectivity index (χ1n) is 4.84. The molecule has 2 unspecified atom stereocenters. The molecule has 2 N–H and O–H groups in total. The van der Waals surface area contributed by atoms with Crippen LogP contribution in [-0.4, -0.2) is 39.8 Å². The van der Waals surface area contributed by atoms with Crippen LogP contribution in [0, 0.1) is 0 Å². The van der Waals surface area contributed by atoms with E-state index in [1.54, 1.807) is 23.3 Å². The van der Waals surface area contributed by atoms with Gasteiger partial charge in [0.2, 0.25) is 0 Å². The molecule has 2 rings (SSSR count). The van der Waals surface area contributed by atoms with Crippen LogP contribution < -0.4 is 0 Å². The van der Waals surface area contributed by atoms with Gasteiger partial charge in [0.15, 0.2) is 0 Å². The van der Waals surface area contributed by atoms with Crippen molar-refractivity contribution in [3.8, 4) is 0 Å². The van der Waals surface area contributed by atoms with E-state index >= 15 is 0 Å². The molecular formula is C10H13NO4. The van der Waals surface area contributed by atoms with Gasteiger partial charge < -0.3 is 14.6 Å². The Labute approximate surface area is 86.9 Å². The Morgan fingerprint density at radius 3 is 3.07 bits per heavy atom. The fourth-order valence-corrected chi connectivity index (χ4v) is 1.91. The van der Waals surface area contributed by atoms with Crippen molar-refractivity contribution in [3.63, 3.8) is 0 Å². The number of carboxylic acids is 1. The van der Waals surface area contributed by atoms with Crippen LogP contribution >= 0.6 is 0 Å². The van der Waals surface area contributed by atoms with Gasteiger partial charge in [-0.15, -0.1) is 0 Å². The lowest BCUT2D eigenvalue weighted by atomic mass is 10.2. The van der Waals surface area contributed by atoms with Crippen molar-refractivity contribution in [1.29, 1.82) is 0 Å². The first kappa shape index (κ1) is 10.2. The highest BCUT2D eigenvalue weighted by atomic mass is 16.4.